The van der Waals surface area contributed by atoms with E-state index in [0.717, 1.165) is 21.6 Å². The molecule has 0 saturated carbocycles. The number of nitrogens with one attached hydrogen (secondary N) is 13. The third-order valence-corrected chi connectivity index (χ3v) is 24.2. The van der Waals surface area contributed by atoms with Crippen molar-refractivity contribution in [3.05, 3.63) is 210 Å². The van der Waals surface area contributed by atoms with Crippen molar-refractivity contribution in [1.82, 2.24) is 87.7 Å². The number of unbranched alkanes of at least 4 members (excludes halogenated alkanes) is 1. The molecule has 10 rings (SSSR count). The van der Waals surface area contributed by atoms with Crippen molar-refractivity contribution >= 4 is 139 Å². The number of fused-ring (bicyclic) bond motifs is 3. The van der Waals surface area contributed by atoms with E-state index in [0.29, 0.717) is 78.9 Å². The van der Waals surface area contributed by atoms with E-state index in [1.807, 2.05) is 6.92 Å². The lowest BCUT2D eigenvalue weighted by Crippen LogP contribution is -2.61. The molecule has 0 bridgehead atoms. The number of aromatic hydroxyl groups is 1. The number of carbonyl (C=O) groups is 16. The van der Waals surface area contributed by atoms with Gasteiger partial charge in [0.1, 0.15) is 72.2 Å². The summed E-state index contributed by atoms with van der Waals surface area (Å²) in [6.45, 7) is 6.21. The van der Waals surface area contributed by atoms with Gasteiger partial charge in [0.05, 0.1) is 31.8 Å². The molecule has 1 saturated heterocycles. The highest BCUT2D eigenvalue weighted by molar-refractivity contribution is 8.00. The van der Waals surface area contributed by atoms with E-state index in [1.54, 1.807) is 180 Å². The predicted molar refractivity (Wildman–Crippen MR) is 499 cm³/mol. The van der Waals surface area contributed by atoms with Crippen molar-refractivity contribution in [3.8, 4) is 5.75 Å². The highest BCUT2D eigenvalue weighted by atomic mass is 32.2. The molecule has 15 amide bonds. The number of aliphatic carboxylic acids is 1. The second-order valence-corrected chi connectivity index (χ2v) is 35.3. The largest absolute Gasteiger partial charge is 0.508 e. The summed E-state index contributed by atoms with van der Waals surface area (Å²) in [5.74, 6) is -17.3. The molecule has 4 heterocycles. The van der Waals surface area contributed by atoms with E-state index >= 15 is 47.9 Å². The molecule has 17 N–H and O–H groups in total. The number of carbonyl (C=O) groups excluding carboxylic acids is 15. The maximum Gasteiger partial charge on any atom is 0.305 e. The average molecular weight is 1840 g/mol. The highest BCUT2D eigenvalue weighted by Gasteiger charge is 2.42. The number of thioether (sulfide) groups is 1. The molecule has 133 heavy (non-hydrogen) atoms. The van der Waals surface area contributed by atoms with Crippen LogP contribution in [0.1, 0.15) is 100 Å². The Kier molecular flexibility index (Phi) is 36.3. The number of para-hydroxylation sites is 3. The Labute approximate surface area is 773 Å². The Balaban J connectivity index is 1.04. The normalized spacial score (nSPS) is 21.6. The van der Waals surface area contributed by atoms with Gasteiger partial charge in [0.15, 0.2) is 0 Å². The zero-order valence-electron chi connectivity index (χ0n) is 75.8. The number of nitrogens with two attached hydrogens (primary N) is 1. The van der Waals surface area contributed by atoms with Crippen LogP contribution in [0.15, 0.2) is 176 Å². The van der Waals surface area contributed by atoms with E-state index < -0.39 is 199 Å². The number of phenolic OH excluding ortho intramolecular Hbond substituents is 1. The first-order valence-corrected chi connectivity index (χ1v) is 45.3. The van der Waals surface area contributed by atoms with Gasteiger partial charge < -0.3 is 104 Å². The maximum absolute atomic E-state index is 15.6. The molecule has 0 radical (unpaired) electrons. The van der Waals surface area contributed by atoms with Gasteiger partial charge in [-0.25, -0.2) is 0 Å². The lowest BCUT2D eigenvalue weighted by atomic mass is 9.99. The molecule has 36 nitrogen and oxygen atoms in total. The number of hydrogen-bond acceptors (Lipinski definition) is 18. The van der Waals surface area contributed by atoms with Crippen molar-refractivity contribution in [2.24, 2.45) is 17.6 Å². The van der Waals surface area contributed by atoms with E-state index in [-0.39, 0.29) is 68.8 Å². The van der Waals surface area contributed by atoms with Crippen LogP contribution in [0, 0.1) is 11.8 Å². The Morgan fingerprint density at radius 3 is 1.37 bits per heavy atom. The number of H-pyrrole nitrogens is 3. The first-order chi connectivity index (χ1) is 63.5. The minimum Gasteiger partial charge on any atom is -0.508 e. The Morgan fingerprint density at radius 2 is 0.857 bits per heavy atom. The smallest absolute Gasteiger partial charge is 0.305 e. The van der Waals surface area contributed by atoms with E-state index in [1.165, 1.54) is 62.3 Å². The quantitative estimate of drug-likeness (QED) is 0.0437. The molecule has 37 heteroatoms. The molecule has 9 aromatic rings. The van der Waals surface area contributed by atoms with E-state index in [2.05, 4.69) is 68.1 Å². The van der Waals surface area contributed by atoms with Crippen LogP contribution in [0.4, 0.5) is 0 Å². The van der Waals surface area contributed by atoms with Crippen molar-refractivity contribution in [1.29, 1.82) is 0 Å². The van der Waals surface area contributed by atoms with Gasteiger partial charge in [0.25, 0.3) is 0 Å². The number of nitrogens with zero attached hydrogens (tertiary/aromatic N) is 4. The van der Waals surface area contributed by atoms with Crippen LogP contribution in [0.2, 0.25) is 0 Å². The monoisotopic (exact) mass is 1840 g/mol. The van der Waals surface area contributed by atoms with Gasteiger partial charge in [-0.05, 0) is 88.4 Å². The summed E-state index contributed by atoms with van der Waals surface area (Å²) in [5, 5.41) is 49.6. The SMILES string of the molecule is CCCC[C@H]1C(=O)N(C)CC(=O)N[C@@H](CC(=O)O)C(=O)N[C@@H](C(C)C)C(=O)N[C@@H](Cc2c[nH]c3ccccc23)C(=O)N[C@@H](Cc2c[nH]c3ccccc23)C(=O)N(C)CC(=O)N[C@@H](Cc2c[nH]c3ccccc23)C(=O)N[C@@H](Cc2ccc(O)cc2)C(=O)N[C@@H](CC(C)C)C(=O)N[C@H](C(=O)NCC(N)=O)CSCC(=O)N[C@@H](Cc2ccccc2)C(=O)N(C)[C@@H](Cc2ccccc2)C(=O)N1C. The molecule has 6 aromatic carbocycles. The lowest BCUT2D eigenvalue weighted by Gasteiger charge is -2.37. The fourth-order valence-electron chi connectivity index (χ4n) is 16.0. The third-order valence-electron chi connectivity index (χ3n) is 23.1. The second kappa shape index (κ2) is 48.0. The lowest BCUT2D eigenvalue weighted by molar-refractivity contribution is -0.151. The Morgan fingerprint density at radius 1 is 0.444 bits per heavy atom. The number of benzene rings is 6. The van der Waals surface area contributed by atoms with Gasteiger partial charge in [-0.15, -0.1) is 11.8 Å². The summed E-state index contributed by atoms with van der Waals surface area (Å²) in [5.41, 5.74) is 10.6. The molecule has 1 aliphatic rings. The number of phenols is 1. The van der Waals surface area contributed by atoms with Crippen molar-refractivity contribution in [2.45, 2.75) is 172 Å². The number of carboxylic acid groups (broad SMARTS) is 1. The fourth-order valence-corrected chi connectivity index (χ4v) is 16.9. The average Bonchev–Trinajstić information content (AvgIpc) is 1.79. The number of hydrogen-bond donors (Lipinski definition) is 16. The molecule has 3 aromatic heterocycles. The van der Waals surface area contributed by atoms with Gasteiger partial charge >= 0.3 is 5.97 Å². The van der Waals surface area contributed by atoms with Crippen LogP contribution in [0.5, 0.6) is 5.75 Å². The summed E-state index contributed by atoms with van der Waals surface area (Å²) >= 11 is 0.834. The summed E-state index contributed by atoms with van der Waals surface area (Å²) in [6.07, 6.45) is 3.42. The van der Waals surface area contributed by atoms with Crippen molar-refractivity contribution in [2.75, 3.05) is 59.3 Å². The molecule has 1 fully saturated rings. The predicted octanol–water partition coefficient (Wildman–Crippen LogP) is 3.24. The van der Waals surface area contributed by atoms with Crippen LogP contribution in [-0.4, -0.2) is 265 Å². The number of likely N-dealkylation sites (N-methyl/N-ethyl adjacent to an activating group) is 4. The minimum atomic E-state index is -1.91. The van der Waals surface area contributed by atoms with Crippen LogP contribution < -0.4 is 58.9 Å². The number of primary amides is 1. The summed E-state index contributed by atoms with van der Waals surface area (Å²) in [6, 6.07) is 27.4. The first-order valence-electron chi connectivity index (χ1n) is 44.1. The van der Waals surface area contributed by atoms with Gasteiger partial charge in [0, 0.05) is 124 Å². The summed E-state index contributed by atoms with van der Waals surface area (Å²) in [7, 11) is 5.30. The van der Waals surface area contributed by atoms with Crippen LogP contribution >= 0.6 is 11.8 Å². The molecular weight excluding hydrogens is 1730 g/mol. The van der Waals surface area contributed by atoms with Crippen LogP contribution in [-0.2, 0) is 115 Å². The van der Waals surface area contributed by atoms with Gasteiger partial charge in [-0.3, -0.25) is 76.7 Å². The van der Waals surface area contributed by atoms with Gasteiger partial charge in [0.2, 0.25) is 88.6 Å². The number of aromatic nitrogens is 3. The highest BCUT2D eigenvalue weighted by Crippen LogP contribution is 2.26. The third kappa shape index (κ3) is 28.6. The summed E-state index contributed by atoms with van der Waals surface area (Å²) < 4.78 is 0. The minimum absolute atomic E-state index is 0.0311. The molecule has 0 unspecified atom stereocenters. The number of carboxylic acids is 1. The topological polar surface area (TPSA) is 520 Å². The molecule has 706 valence electrons. The molecule has 1 aliphatic heterocycles. The Bertz CT molecular complexity index is 5650. The zero-order chi connectivity index (χ0) is 96.3. The van der Waals surface area contributed by atoms with Crippen LogP contribution in [0.25, 0.3) is 32.7 Å². The number of aromatic amines is 3. The van der Waals surface area contributed by atoms with Crippen LogP contribution in [0.3, 0.4) is 0 Å². The van der Waals surface area contributed by atoms with Crippen molar-refractivity contribution in [3.63, 3.8) is 0 Å². The van der Waals surface area contributed by atoms with Crippen molar-refractivity contribution < 1.29 is 86.9 Å². The molecule has 0 aliphatic carbocycles. The van der Waals surface area contributed by atoms with E-state index in [4.69, 9.17) is 5.73 Å². The molecule has 0 spiro atoms. The maximum atomic E-state index is 15.6. The summed E-state index contributed by atoms with van der Waals surface area (Å²) in [4.78, 5) is 250. The fraction of sp³-hybridized carbons (Fsp3) is 0.396. The standard InChI is InChI=1S/C96H118N18O18S/c1-10-11-34-78-95(131)112(7)52-82(118)103-74(46-84(120)121)91(127)110-85(56(4)5)92(128)107-73(44-61-48-99-68-32-22-19-29-65(61)68)90(126)108-76(45-62-49-100-69-33-23-20-30-66(62)69)93(129)111(6)51-81(117)102-72(43-60-47-98-67-31-21-18-28-64(60)67)89(125)106-71(40-59-35-37-63(115)38-36-59)88(124)105-70(39-55(2)3)87(123)109-77(86(122)101-50-80(97)116)53-133-54-83(119)104-75(41-57-24-14-12-15-25-57)94(130)114(9)79(96(132)113(78)8)42-58-26-16-13-17-27-58/h12-33,35-38,47-49,55-56,70-79,85,98-100,115H,10-11,34,39-46,50-54H2,1-9H3,(H2,97,116)(H,101,122)(H,102,117)(H,103,118)(H,104,119)(H,105,124)(H,106,125)(H,107,128)(H,108,126)(H,109,123)(H,110,127)(H,120,121)/t70-,71-,72-,73-,74-,75-,76-,77-,78-,79-,85-/m0/s1. The Hall–Kier alpha value is -14.4. The molecular formula is C96H118N18O18S. The van der Waals surface area contributed by atoms with Gasteiger partial charge in [-0.2, -0.15) is 0 Å². The number of amides is 15. The first kappa shape index (κ1) is 101. The van der Waals surface area contributed by atoms with E-state index in [9.17, 15) is 39.0 Å². The second-order valence-electron chi connectivity index (χ2n) is 34.2. The number of rotatable bonds is 23. The van der Waals surface area contributed by atoms with Gasteiger partial charge in [-0.1, -0.05) is 175 Å². The molecule has 11 atom stereocenters. The zero-order valence-corrected chi connectivity index (χ0v) is 76.6.